The first-order valence-corrected chi connectivity index (χ1v) is 12.8. The standard InChI is InChI=1S/C28H32N8O4/c37-24-13-11-23(12-14-24)32-27-35-25(34-26(36-27)31-21-7-3-1-4-8-21)29-15-17-39-19-20-40-18-16-30-28(38)33-22-9-5-2-6-10-22/h1-14,37H,15-20H2,(H2,30,33,38)(H3,29,31,32,34,35,36)/p+1. The molecule has 7 N–H and O–H groups in total. The topological polar surface area (TPSA) is 158 Å². The number of nitrogens with zero attached hydrogens (tertiary/aromatic N) is 3. The summed E-state index contributed by atoms with van der Waals surface area (Å²) in [5.74, 6) is 1.26. The molecule has 1 aromatic heterocycles. The normalized spacial score (nSPS) is 10.5. The molecule has 40 heavy (non-hydrogen) atoms. The Kier molecular flexibility index (Phi) is 10.9. The van der Waals surface area contributed by atoms with Gasteiger partial charge in [0.15, 0.2) is 13.2 Å². The highest BCUT2D eigenvalue weighted by Crippen LogP contribution is 2.20. The first-order valence-electron chi connectivity index (χ1n) is 12.8. The molecule has 0 spiro atoms. The van der Waals surface area contributed by atoms with Crippen molar-refractivity contribution in [3.63, 3.8) is 0 Å². The molecule has 12 nitrogen and oxygen atoms in total. The van der Waals surface area contributed by atoms with E-state index in [-0.39, 0.29) is 11.8 Å². The van der Waals surface area contributed by atoms with Crippen LogP contribution in [0.15, 0.2) is 84.9 Å². The minimum atomic E-state index is -0.259. The number of phenols is 1. The number of aromatic hydroxyl groups is 1. The SMILES string of the molecule is O=C(NCC[OH+]CCOCCNc1nc(Nc2ccccc2)nc(Nc2ccc(O)cc2)n1)Nc1ccccc1. The van der Waals surface area contributed by atoms with Crippen molar-refractivity contribution in [2.45, 2.75) is 0 Å². The van der Waals surface area contributed by atoms with Gasteiger partial charge in [-0.25, -0.2) is 4.79 Å². The van der Waals surface area contributed by atoms with Gasteiger partial charge in [-0.3, -0.25) is 0 Å². The smallest absolute Gasteiger partial charge is 0.319 e. The van der Waals surface area contributed by atoms with Crippen LogP contribution in [0.25, 0.3) is 0 Å². The Bertz CT molecular complexity index is 1310. The summed E-state index contributed by atoms with van der Waals surface area (Å²) in [6, 6.07) is 25.2. The number of amides is 2. The first-order chi connectivity index (χ1) is 19.6. The van der Waals surface area contributed by atoms with E-state index in [4.69, 9.17) is 4.74 Å². The van der Waals surface area contributed by atoms with Gasteiger partial charge in [0.25, 0.3) is 0 Å². The van der Waals surface area contributed by atoms with E-state index >= 15 is 0 Å². The number of hydrogen-bond acceptors (Lipinski definition) is 9. The quantitative estimate of drug-likeness (QED) is 0.0741. The summed E-state index contributed by atoms with van der Waals surface area (Å²) in [5, 5.41) is 24.5. The lowest BCUT2D eigenvalue weighted by Gasteiger charge is -2.11. The molecule has 0 unspecified atom stereocenters. The van der Waals surface area contributed by atoms with Crippen molar-refractivity contribution in [1.82, 2.24) is 20.3 Å². The number of anilines is 6. The maximum absolute atomic E-state index is 11.8. The summed E-state index contributed by atoms with van der Waals surface area (Å²) >= 11 is 0. The fourth-order valence-corrected chi connectivity index (χ4v) is 3.41. The Morgan fingerprint density at radius 3 is 1.98 bits per heavy atom. The number of ether oxygens (including phenoxy) is 2. The van der Waals surface area contributed by atoms with Crippen LogP contribution in [0.4, 0.5) is 39.7 Å². The van der Waals surface area contributed by atoms with Crippen molar-refractivity contribution < 1.29 is 19.4 Å². The second kappa shape index (κ2) is 15.5. The van der Waals surface area contributed by atoms with Crippen molar-refractivity contribution in [2.24, 2.45) is 0 Å². The van der Waals surface area contributed by atoms with Gasteiger partial charge in [0.05, 0.1) is 13.2 Å². The second-order valence-corrected chi connectivity index (χ2v) is 8.43. The van der Waals surface area contributed by atoms with Gasteiger partial charge in [0.2, 0.25) is 17.8 Å². The second-order valence-electron chi connectivity index (χ2n) is 8.43. The number of hydrogen-bond donors (Lipinski definition) is 6. The van der Waals surface area contributed by atoms with E-state index in [1.165, 1.54) is 0 Å². The summed E-state index contributed by atoms with van der Waals surface area (Å²) in [7, 11) is 0. The Morgan fingerprint density at radius 1 is 0.700 bits per heavy atom. The van der Waals surface area contributed by atoms with E-state index in [1.54, 1.807) is 24.3 Å². The highest BCUT2D eigenvalue weighted by Gasteiger charge is 2.08. The van der Waals surface area contributed by atoms with Gasteiger partial charge >= 0.3 is 6.03 Å². The number of urea groups is 1. The molecule has 1 heterocycles. The van der Waals surface area contributed by atoms with Gasteiger partial charge in [0, 0.05) is 23.6 Å². The van der Waals surface area contributed by atoms with Gasteiger partial charge in [-0.05, 0) is 48.5 Å². The molecule has 0 saturated carbocycles. The Morgan fingerprint density at radius 2 is 1.30 bits per heavy atom. The molecule has 0 aliphatic carbocycles. The van der Waals surface area contributed by atoms with Gasteiger partial charge in [-0.15, -0.1) is 0 Å². The van der Waals surface area contributed by atoms with Crippen LogP contribution in [0.3, 0.4) is 0 Å². The molecule has 0 fully saturated rings. The Hall–Kier alpha value is -4.94. The first kappa shape index (κ1) is 28.1. The molecule has 0 aliphatic rings. The number of aromatic nitrogens is 3. The number of aliphatic hydroxyl groups is 2. The van der Waals surface area contributed by atoms with Crippen LogP contribution in [0.2, 0.25) is 0 Å². The molecule has 208 valence electrons. The van der Waals surface area contributed by atoms with Crippen LogP contribution < -0.4 is 26.6 Å². The summed E-state index contributed by atoms with van der Waals surface area (Å²) in [6.07, 6.45) is 0. The Balaban J connectivity index is 1.16. The zero-order chi connectivity index (χ0) is 27.8. The van der Waals surface area contributed by atoms with Crippen molar-refractivity contribution in [2.75, 3.05) is 60.8 Å². The minimum absolute atomic E-state index is 0.172. The summed E-state index contributed by atoms with van der Waals surface area (Å²) in [5.41, 5.74) is 2.30. The molecular weight excluding hydrogens is 512 g/mol. The molecule has 0 bridgehead atoms. The lowest BCUT2D eigenvalue weighted by molar-refractivity contribution is -0.0642. The van der Waals surface area contributed by atoms with Gasteiger partial charge in [-0.1, -0.05) is 36.4 Å². The van der Waals surface area contributed by atoms with Crippen molar-refractivity contribution >= 4 is 40.9 Å². The lowest BCUT2D eigenvalue weighted by atomic mass is 10.3. The summed E-state index contributed by atoms with van der Waals surface area (Å²) in [6.45, 7) is 2.85. The molecular formula is C28H33N8O4+. The van der Waals surface area contributed by atoms with Crippen LogP contribution in [-0.4, -0.2) is 70.3 Å². The third kappa shape index (κ3) is 10.1. The molecule has 0 aliphatic heterocycles. The number of benzene rings is 3. The highest BCUT2D eigenvalue weighted by atomic mass is 16.5. The minimum Gasteiger partial charge on any atom is -0.508 e. The zero-order valence-corrected chi connectivity index (χ0v) is 21.9. The van der Waals surface area contributed by atoms with Gasteiger partial charge in [0.1, 0.15) is 12.4 Å². The van der Waals surface area contributed by atoms with Crippen molar-refractivity contribution in [3.05, 3.63) is 84.9 Å². The predicted molar refractivity (Wildman–Crippen MR) is 156 cm³/mol. The maximum Gasteiger partial charge on any atom is 0.319 e. The van der Waals surface area contributed by atoms with Gasteiger partial charge < -0.3 is 41.2 Å². The maximum atomic E-state index is 11.8. The molecule has 4 aromatic rings. The molecule has 12 heteroatoms. The van der Waals surface area contributed by atoms with E-state index in [1.807, 2.05) is 60.7 Å². The fourth-order valence-electron chi connectivity index (χ4n) is 3.41. The van der Waals surface area contributed by atoms with Crippen molar-refractivity contribution in [3.8, 4) is 5.75 Å². The third-order valence-corrected chi connectivity index (χ3v) is 5.30. The third-order valence-electron chi connectivity index (χ3n) is 5.30. The van der Waals surface area contributed by atoms with E-state index in [2.05, 4.69) is 46.3 Å². The predicted octanol–water partition coefficient (Wildman–Crippen LogP) is 3.84. The molecule has 4 rings (SSSR count). The van der Waals surface area contributed by atoms with Crippen LogP contribution in [0, 0.1) is 0 Å². The fraction of sp³-hybridized carbons (Fsp3) is 0.214. The van der Waals surface area contributed by atoms with Crippen LogP contribution in [0.5, 0.6) is 5.75 Å². The van der Waals surface area contributed by atoms with Crippen LogP contribution in [0.1, 0.15) is 0 Å². The molecule has 2 amide bonds. The molecule has 0 saturated heterocycles. The average molecular weight is 546 g/mol. The largest absolute Gasteiger partial charge is 0.508 e. The van der Waals surface area contributed by atoms with E-state index in [9.17, 15) is 9.90 Å². The molecule has 0 radical (unpaired) electrons. The van der Waals surface area contributed by atoms with E-state index in [0.717, 1.165) is 17.1 Å². The number of carbonyl (C=O) groups is 1. The van der Waals surface area contributed by atoms with E-state index in [0.29, 0.717) is 57.4 Å². The number of rotatable bonds is 15. The van der Waals surface area contributed by atoms with Crippen molar-refractivity contribution in [1.29, 1.82) is 0 Å². The number of nitrogens with one attached hydrogen (secondary N) is 5. The average Bonchev–Trinajstić information content (AvgIpc) is 2.96. The Labute approximate surface area is 232 Å². The lowest BCUT2D eigenvalue weighted by Crippen LogP contribution is -2.32. The number of carbonyl (C=O) groups excluding carboxylic acids is 1. The zero-order valence-electron chi connectivity index (χ0n) is 21.9. The van der Waals surface area contributed by atoms with E-state index < -0.39 is 0 Å². The van der Waals surface area contributed by atoms with Gasteiger partial charge in [-0.2, -0.15) is 15.0 Å². The monoisotopic (exact) mass is 545 g/mol. The highest BCUT2D eigenvalue weighted by molar-refractivity contribution is 5.89. The molecule has 0 atom stereocenters. The number of para-hydroxylation sites is 2. The summed E-state index contributed by atoms with van der Waals surface area (Å²) in [4.78, 5) is 25.2. The van der Waals surface area contributed by atoms with Crippen LogP contribution >= 0.6 is 0 Å². The van der Waals surface area contributed by atoms with Crippen LogP contribution in [-0.2, 0) is 4.74 Å². The molecule has 3 aromatic carbocycles. The number of phenolic OH excluding ortho intramolecular Hbond substituents is 1. The summed E-state index contributed by atoms with van der Waals surface area (Å²) < 4.78 is 10.0.